The topological polar surface area (TPSA) is 15.6 Å². The largest absolute Gasteiger partial charge is 0.353 e. The van der Waals surface area contributed by atoms with Crippen LogP contribution in [0.2, 0.25) is 0 Å². The predicted molar refractivity (Wildman–Crippen MR) is 54.0 cm³/mol. The van der Waals surface area contributed by atoms with Crippen LogP contribution in [-0.2, 0) is 0 Å². The molecule has 0 N–H and O–H groups in total. The standard InChI is InChI=1S/C7H15ClN2.ClH/c1-4-5-6-9-7(8)10(2)3;/h4-6H2,1-3H3;1H. The lowest BCUT2D eigenvalue weighted by Gasteiger charge is -2.07. The third kappa shape index (κ3) is 7.95. The maximum atomic E-state index is 5.73. The van der Waals surface area contributed by atoms with Crippen molar-refractivity contribution in [3.8, 4) is 0 Å². The Kier molecular flexibility index (Phi) is 10.1. The number of nitrogens with zero attached hydrogens (tertiary/aromatic N) is 2. The minimum absolute atomic E-state index is 0. The summed E-state index contributed by atoms with van der Waals surface area (Å²) in [6.07, 6.45) is 2.28. The number of hydrogen-bond acceptors (Lipinski definition) is 1. The molecule has 0 spiro atoms. The van der Waals surface area contributed by atoms with E-state index in [0.717, 1.165) is 13.0 Å². The fraction of sp³-hybridized carbons (Fsp3) is 0.857. The van der Waals surface area contributed by atoms with Gasteiger partial charge in [-0.2, -0.15) is 0 Å². The van der Waals surface area contributed by atoms with Gasteiger partial charge in [-0.15, -0.1) is 12.4 Å². The summed E-state index contributed by atoms with van der Waals surface area (Å²) in [5.74, 6) is 0. The molecule has 0 aliphatic rings. The molecule has 0 unspecified atom stereocenters. The van der Waals surface area contributed by atoms with Gasteiger partial charge >= 0.3 is 0 Å². The molecule has 0 bridgehead atoms. The molecule has 0 heterocycles. The molecule has 0 aromatic rings. The summed E-state index contributed by atoms with van der Waals surface area (Å²) >= 11 is 5.73. The molecule has 68 valence electrons. The zero-order chi connectivity index (χ0) is 7.98. The number of rotatable bonds is 3. The molecule has 0 aromatic carbocycles. The van der Waals surface area contributed by atoms with Gasteiger partial charge in [-0.05, 0) is 18.0 Å². The van der Waals surface area contributed by atoms with Crippen molar-refractivity contribution in [3.05, 3.63) is 0 Å². The van der Waals surface area contributed by atoms with Crippen molar-refractivity contribution >= 4 is 29.3 Å². The highest BCUT2D eigenvalue weighted by Gasteiger charge is 1.92. The van der Waals surface area contributed by atoms with Crippen molar-refractivity contribution in [1.82, 2.24) is 4.90 Å². The third-order valence-electron chi connectivity index (χ3n) is 1.12. The highest BCUT2D eigenvalue weighted by molar-refractivity contribution is 6.64. The Hall–Kier alpha value is 0.0500. The Bertz CT molecular complexity index is 113. The van der Waals surface area contributed by atoms with E-state index in [4.69, 9.17) is 11.6 Å². The smallest absolute Gasteiger partial charge is 0.193 e. The molecule has 0 aliphatic carbocycles. The maximum Gasteiger partial charge on any atom is 0.193 e. The normalized spacial score (nSPS) is 10.7. The monoisotopic (exact) mass is 198 g/mol. The number of halogens is 2. The Morgan fingerprint density at radius 2 is 2.00 bits per heavy atom. The van der Waals surface area contributed by atoms with Gasteiger partial charge in [0.1, 0.15) is 0 Å². The van der Waals surface area contributed by atoms with Gasteiger partial charge in [0.25, 0.3) is 0 Å². The lowest BCUT2D eigenvalue weighted by atomic mass is 10.3. The molecule has 2 nitrogen and oxygen atoms in total. The summed E-state index contributed by atoms with van der Waals surface area (Å²) in [7, 11) is 3.77. The molecule has 0 saturated heterocycles. The van der Waals surface area contributed by atoms with Crippen LogP contribution in [0.1, 0.15) is 19.8 Å². The number of amidine groups is 1. The minimum atomic E-state index is 0. The van der Waals surface area contributed by atoms with E-state index in [0.29, 0.717) is 5.29 Å². The minimum Gasteiger partial charge on any atom is -0.353 e. The van der Waals surface area contributed by atoms with Gasteiger partial charge in [-0.1, -0.05) is 13.3 Å². The fourth-order valence-corrected chi connectivity index (χ4v) is 0.555. The van der Waals surface area contributed by atoms with E-state index >= 15 is 0 Å². The summed E-state index contributed by atoms with van der Waals surface area (Å²) in [6, 6.07) is 0. The Morgan fingerprint density at radius 1 is 1.45 bits per heavy atom. The zero-order valence-corrected chi connectivity index (χ0v) is 8.87. The number of hydrogen-bond donors (Lipinski definition) is 0. The molecule has 11 heavy (non-hydrogen) atoms. The van der Waals surface area contributed by atoms with Crippen LogP contribution in [-0.4, -0.2) is 30.8 Å². The third-order valence-corrected chi connectivity index (χ3v) is 1.58. The number of aliphatic imine (C=N–C) groups is 1. The van der Waals surface area contributed by atoms with Gasteiger partial charge < -0.3 is 4.90 Å². The summed E-state index contributed by atoms with van der Waals surface area (Å²) in [5, 5.41) is 0.591. The van der Waals surface area contributed by atoms with Gasteiger partial charge in [0.15, 0.2) is 5.29 Å². The van der Waals surface area contributed by atoms with Crippen LogP contribution < -0.4 is 0 Å². The first kappa shape index (κ1) is 13.6. The average molecular weight is 199 g/mol. The van der Waals surface area contributed by atoms with Crippen molar-refractivity contribution in [2.24, 2.45) is 4.99 Å². The first-order valence-electron chi connectivity index (χ1n) is 3.55. The van der Waals surface area contributed by atoms with Gasteiger partial charge in [0.2, 0.25) is 0 Å². The van der Waals surface area contributed by atoms with E-state index in [1.54, 1.807) is 4.90 Å². The van der Waals surface area contributed by atoms with Crippen molar-refractivity contribution in [1.29, 1.82) is 0 Å². The van der Waals surface area contributed by atoms with Crippen LogP contribution in [0.4, 0.5) is 0 Å². The summed E-state index contributed by atoms with van der Waals surface area (Å²) < 4.78 is 0. The Balaban J connectivity index is 0. The predicted octanol–water partition coefficient (Wildman–Crippen LogP) is 2.36. The van der Waals surface area contributed by atoms with Gasteiger partial charge in [0, 0.05) is 20.6 Å². The van der Waals surface area contributed by atoms with Crippen molar-refractivity contribution < 1.29 is 0 Å². The summed E-state index contributed by atoms with van der Waals surface area (Å²) in [5.41, 5.74) is 0. The Labute approximate surface area is 80.0 Å². The van der Waals surface area contributed by atoms with Crippen LogP contribution in [0.25, 0.3) is 0 Å². The van der Waals surface area contributed by atoms with E-state index in [9.17, 15) is 0 Å². The van der Waals surface area contributed by atoms with E-state index in [2.05, 4.69) is 11.9 Å². The lowest BCUT2D eigenvalue weighted by molar-refractivity contribution is 0.628. The van der Waals surface area contributed by atoms with Crippen molar-refractivity contribution in [2.45, 2.75) is 19.8 Å². The van der Waals surface area contributed by atoms with E-state index < -0.39 is 0 Å². The first-order valence-corrected chi connectivity index (χ1v) is 3.93. The highest BCUT2D eigenvalue weighted by Crippen LogP contribution is 1.93. The molecular formula is C7H16Cl2N2. The Morgan fingerprint density at radius 3 is 2.36 bits per heavy atom. The second-order valence-electron chi connectivity index (χ2n) is 2.40. The maximum absolute atomic E-state index is 5.73. The highest BCUT2D eigenvalue weighted by atomic mass is 35.5. The first-order chi connectivity index (χ1) is 4.68. The van der Waals surface area contributed by atoms with Crippen LogP contribution in [0.3, 0.4) is 0 Å². The van der Waals surface area contributed by atoms with Crippen molar-refractivity contribution in [2.75, 3.05) is 20.6 Å². The molecule has 0 aromatic heterocycles. The lowest BCUT2D eigenvalue weighted by Crippen LogP contribution is -2.16. The molecule has 0 amide bonds. The molecule has 0 fully saturated rings. The molecule has 0 aliphatic heterocycles. The summed E-state index contributed by atoms with van der Waals surface area (Å²) in [6.45, 7) is 2.98. The molecular weight excluding hydrogens is 183 g/mol. The second-order valence-corrected chi connectivity index (χ2v) is 2.74. The molecule has 0 radical (unpaired) electrons. The van der Waals surface area contributed by atoms with Crippen LogP contribution in [0, 0.1) is 0 Å². The SMILES string of the molecule is CCCCN=C(Cl)N(C)C.Cl. The van der Waals surface area contributed by atoms with Gasteiger partial charge in [0.05, 0.1) is 0 Å². The molecule has 0 rings (SSSR count). The van der Waals surface area contributed by atoms with Crippen LogP contribution in [0.5, 0.6) is 0 Å². The number of unbranched alkanes of at least 4 members (excludes halogenated alkanes) is 1. The fourth-order valence-electron chi connectivity index (χ4n) is 0.471. The van der Waals surface area contributed by atoms with Gasteiger partial charge in [-0.25, -0.2) is 0 Å². The van der Waals surface area contributed by atoms with Crippen LogP contribution in [0.15, 0.2) is 4.99 Å². The molecule has 0 atom stereocenters. The quantitative estimate of drug-likeness (QED) is 0.295. The van der Waals surface area contributed by atoms with E-state index in [-0.39, 0.29) is 12.4 Å². The van der Waals surface area contributed by atoms with Crippen molar-refractivity contribution in [3.63, 3.8) is 0 Å². The van der Waals surface area contributed by atoms with Gasteiger partial charge in [-0.3, -0.25) is 4.99 Å². The van der Waals surface area contributed by atoms with E-state index in [1.807, 2.05) is 14.1 Å². The average Bonchev–Trinajstić information content (AvgIpc) is 1.88. The van der Waals surface area contributed by atoms with Crippen LogP contribution >= 0.6 is 24.0 Å². The van der Waals surface area contributed by atoms with E-state index in [1.165, 1.54) is 6.42 Å². The summed E-state index contributed by atoms with van der Waals surface area (Å²) in [4.78, 5) is 5.92. The molecule has 4 heteroatoms. The second kappa shape index (κ2) is 8.15. The zero-order valence-electron chi connectivity index (χ0n) is 7.30. The molecule has 0 saturated carbocycles.